The third-order valence-electron chi connectivity index (χ3n) is 0.881. The molecule has 0 aliphatic rings. The molecule has 0 aliphatic carbocycles. The number of aryl methyl sites for hydroxylation is 1. The van der Waals surface area contributed by atoms with Crippen molar-refractivity contribution in [3.63, 3.8) is 0 Å². The summed E-state index contributed by atoms with van der Waals surface area (Å²) in [6.45, 7) is 2.13. The third kappa shape index (κ3) is 1.26. The average Bonchev–Trinajstić information content (AvgIpc) is 2.19. The van der Waals surface area contributed by atoms with Crippen molar-refractivity contribution in [2.45, 2.75) is 19.8 Å². The van der Waals surface area contributed by atoms with E-state index in [0.717, 1.165) is 18.7 Å². The standard InChI is InChI=1S/C5H8N2S/c1-2-3-5-6-4-8-7-5/h4H,2-3H2,1H3. The van der Waals surface area contributed by atoms with Gasteiger partial charge in [0.15, 0.2) is 0 Å². The molecule has 8 heavy (non-hydrogen) atoms. The highest BCUT2D eigenvalue weighted by molar-refractivity contribution is 7.03. The molecule has 1 rings (SSSR count). The summed E-state index contributed by atoms with van der Waals surface area (Å²) in [7, 11) is 0. The van der Waals surface area contributed by atoms with Crippen LogP contribution in [0.15, 0.2) is 5.51 Å². The zero-order valence-electron chi connectivity index (χ0n) is 4.79. The summed E-state index contributed by atoms with van der Waals surface area (Å²) in [5.74, 6) is 0.984. The van der Waals surface area contributed by atoms with Gasteiger partial charge in [-0.2, -0.15) is 4.37 Å². The van der Waals surface area contributed by atoms with Crippen LogP contribution in [0.25, 0.3) is 0 Å². The van der Waals surface area contributed by atoms with Crippen molar-refractivity contribution < 1.29 is 0 Å². The fourth-order valence-electron chi connectivity index (χ4n) is 0.526. The van der Waals surface area contributed by atoms with E-state index in [9.17, 15) is 0 Å². The zero-order valence-corrected chi connectivity index (χ0v) is 5.61. The van der Waals surface area contributed by atoms with Gasteiger partial charge < -0.3 is 0 Å². The van der Waals surface area contributed by atoms with E-state index in [0.29, 0.717) is 0 Å². The van der Waals surface area contributed by atoms with E-state index in [1.165, 1.54) is 11.5 Å². The maximum Gasteiger partial charge on any atom is 0.142 e. The van der Waals surface area contributed by atoms with E-state index in [1.807, 2.05) is 0 Å². The van der Waals surface area contributed by atoms with Gasteiger partial charge >= 0.3 is 0 Å². The van der Waals surface area contributed by atoms with Crippen LogP contribution in [-0.2, 0) is 6.42 Å². The molecule has 0 N–H and O–H groups in total. The largest absolute Gasteiger partial charge is 0.228 e. The number of rotatable bonds is 2. The van der Waals surface area contributed by atoms with Gasteiger partial charge in [0.2, 0.25) is 0 Å². The van der Waals surface area contributed by atoms with Crippen molar-refractivity contribution in [3.8, 4) is 0 Å². The Bertz CT molecular complexity index is 136. The van der Waals surface area contributed by atoms with E-state index in [1.54, 1.807) is 5.51 Å². The van der Waals surface area contributed by atoms with Crippen molar-refractivity contribution in [2.24, 2.45) is 0 Å². The van der Waals surface area contributed by atoms with Gasteiger partial charge in [0.1, 0.15) is 11.3 Å². The lowest BCUT2D eigenvalue weighted by molar-refractivity contribution is 0.861. The lowest BCUT2D eigenvalue weighted by Gasteiger charge is -1.82. The van der Waals surface area contributed by atoms with Gasteiger partial charge in [-0.25, -0.2) is 4.98 Å². The highest BCUT2D eigenvalue weighted by Gasteiger charge is 1.90. The molecule has 2 nitrogen and oxygen atoms in total. The van der Waals surface area contributed by atoms with Gasteiger partial charge in [-0.1, -0.05) is 6.92 Å². The second-order valence-corrected chi connectivity index (χ2v) is 2.20. The third-order valence-corrected chi connectivity index (χ3v) is 1.40. The second kappa shape index (κ2) is 2.77. The lowest BCUT2D eigenvalue weighted by Crippen LogP contribution is -1.82. The molecule has 44 valence electrons. The molecule has 1 heterocycles. The summed E-state index contributed by atoms with van der Waals surface area (Å²) in [6, 6.07) is 0. The van der Waals surface area contributed by atoms with Crippen LogP contribution >= 0.6 is 11.5 Å². The average molecular weight is 128 g/mol. The number of aromatic nitrogens is 2. The Balaban J connectivity index is 2.50. The highest BCUT2D eigenvalue weighted by atomic mass is 32.1. The molecule has 0 radical (unpaired) electrons. The lowest BCUT2D eigenvalue weighted by atomic mass is 10.3. The topological polar surface area (TPSA) is 25.8 Å². The second-order valence-electron chi connectivity index (χ2n) is 1.60. The summed E-state index contributed by atoms with van der Waals surface area (Å²) in [5, 5.41) is 0. The molecule has 0 fully saturated rings. The fourth-order valence-corrected chi connectivity index (χ4v) is 1.00. The van der Waals surface area contributed by atoms with Gasteiger partial charge in [-0.15, -0.1) is 0 Å². The first kappa shape index (κ1) is 5.69. The molecule has 0 saturated heterocycles. The molecule has 0 bridgehead atoms. The molecule has 0 aliphatic heterocycles. The summed E-state index contributed by atoms with van der Waals surface area (Å²) >= 11 is 1.42. The molecule has 0 aromatic carbocycles. The zero-order chi connectivity index (χ0) is 5.82. The van der Waals surface area contributed by atoms with Gasteiger partial charge in [-0.3, -0.25) is 0 Å². The Morgan fingerprint density at radius 3 is 3.12 bits per heavy atom. The first-order valence-corrected chi connectivity index (χ1v) is 3.52. The minimum absolute atomic E-state index is 0.984. The van der Waals surface area contributed by atoms with Gasteiger partial charge in [0.25, 0.3) is 0 Å². The normalized spacial score (nSPS) is 9.62. The highest BCUT2D eigenvalue weighted by Crippen LogP contribution is 1.96. The van der Waals surface area contributed by atoms with Crippen molar-refractivity contribution in [1.29, 1.82) is 0 Å². The molecule has 0 spiro atoms. The van der Waals surface area contributed by atoms with Crippen molar-refractivity contribution in [3.05, 3.63) is 11.3 Å². The molecule has 0 unspecified atom stereocenters. The SMILES string of the molecule is CCCc1ncsn1. The van der Waals surface area contributed by atoms with Crippen LogP contribution in [0.3, 0.4) is 0 Å². The summed E-state index contributed by atoms with van der Waals surface area (Å²) in [6.07, 6.45) is 2.15. The van der Waals surface area contributed by atoms with Gasteiger partial charge in [-0.05, 0) is 18.0 Å². The minimum atomic E-state index is 0.984. The Morgan fingerprint density at radius 1 is 1.75 bits per heavy atom. The summed E-state index contributed by atoms with van der Waals surface area (Å²) in [5.41, 5.74) is 1.77. The molecule has 0 amide bonds. The van der Waals surface area contributed by atoms with Crippen LogP contribution in [0.1, 0.15) is 19.2 Å². The van der Waals surface area contributed by atoms with E-state index in [4.69, 9.17) is 0 Å². The van der Waals surface area contributed by atoms with Crippen LogP contribution in [0, 0.1) is 0 Å². The summed E-state index contributed by atoms with van der Waals surface area (Å²) < 4.78 is 4.04. The molecule has 0 atom stereocenters. The maximum absolute atomic E-state index is 4.04. The monoisotopic (exact) mass is 128 g/mol. The van der Waals surface area contributed by atoms with Crippen molar-refractivity contribution in [2.75, 3.05) is 0 Å². The molecule has 1 aromatic heterocycles. The molecular formula is C5H8N2S. The quantitative estimate of drug-likeness (QED) is 0.603. The molecule has 1 aromatic rings. The van der Waals surface area contributed by atoms with E-state index < -0.39 is 0 Å². The number of nitrogens with zero attached hydrogens (tertiary/aromatic N) is 2. The van der Waals surface area contributed by atoms with Gasteiger partial charge in [0, 0.05) is 6.42 Å². The van der Waals surface area contributed by atoms with E-state index in [2.05, 4.69) is 16.3 Å². The predicted molar refractivity (Wildman–Crippen MR) is 33.9 cm³/mol. The molecule has 0 saturated carbocycles. The molecular weight excluding hydrogens is 120 g/mol. The Hall–Kier alpha value is -0.440. The van der Waals surface area contributed by atoms with E-state index >= 15 is 0 Å². The molecule has 3 heteroatoms. The predicted octanol–water partition coefficient (Wildman–Crippen LogP) is 1.49. The van der Waals surface area contributed by atoms with Crippen LogP contribution in [0.5, 0.6) is 0 Å². The van der Waals surface area contributed by atoms with Crippen molar-refractivity contribution >= 4 is 11.5 Å². The summed E-state index contributed by atoms with van der Waals surface area (Å²) in [4.78, 5) is 4.01. The van der Waals surface area contributed by atoms with E-state index in [-0.39, 0.29) is 0 Å². The van der Waals surface area contributed by atoms with Crippen LogP contribution in [0.2, 0.25) is 0 Å². The minimum Gasteiger partial charge on any atom is -0.228 e. The fraction of sp³-hybridized carbons (Fsp3) is 0.600. The van der Waals surface area contributed by atoms with Gasteiger partial charge in [0.05, 0.1) is 0 Å². The van der Waals surface area contributed by atoms with Crippen LogP contribution in [0.4, 0.5) is 0 Å². The number of hydrogen-bond acceptors (Lipinski definition) is 3. The van der Waals surface area contributed by atoms with Crippen molar-refractivity contribution in [1.82, 2.24) is 9.36 Å². The van der Waals surface area contributed by atoms with Crippen LogP contribution in [-0.4, -0.2) is 9.36 Å². The van der Waals surface area contributed by atoms with Crippen LogP contribution < -0.4 is 0 Å². The first-order chi connectivity index (χ1) is 3.93. The number of hydrogen-bond donors (Lipinski definition) is 0. The first-order valence-electron chi connectivity index (χ1n) is 2.68. The maximum atomic E-state index is 4.04. The smallest absolute Gasteiger partial charge is 0.142 e. The Morgan fingerprint density at radius 2 is 2.62 bits per heavy atom. The Kier molecular flexibility index (Phi) is 1.97. The Labute approximate surface area is 52.7 Å².